The monoisotopic (exact) mass is 442 g/mol. The Morgan fingerprint density at radius 3 is 2.64 bits per heavy atom. The van der Waals surface area contributed by atoms with Gasteiger partial charge in [-0.1, -0.05) is 36.4 Å². The first kappa shape index (κ1) is 19.8. The molecule has 0 bridgehead atoms. The summed E-state index contributed by atoms with van der Waals surface area (Å²) in [6.45, 7) is 1.35. The molecule has 5 aromatic rings. The van der Waals surface area contributed by atoms with Crippen molar-refractivity contribution in [1.29, 1.82) is 0 Å². The van der Waals surface area contributed by atoms with E-state index in [4.69, 9.17) is 0 Å². The van der Waals surface area contributed by atoms with Gasteiger partial charge in [-0.25, -0.2) is 8.78 Å². The summed E-state index contributed by atoms with van der Waals surface area (Å²) >= 11 is 0. The van der Waals surface area contributed by atoms with E-state index in [1.165, 1.54) is 17.7 Å². The number of nitrogens with zero attached hydrogens (tertiary/aromatic N) is 4. The third-order valence-corrected chi connectivity index (χ3v) is 6.25. The zero-order valence-corrected chi connectivity index (χ0v) is 17.6. The molecule has 0 fully saturated rings. The van der Waals surface area contributed by atoms with Crippen LogP contribution >= 0.6 is 0 Å². The number of aromatic amines is 2. The van der Waals surface area contributed by atoms with Crippen LogP contribution in [0.4, 0.5) is 8.78 Å². The SMILES string of the molecule is Fc1cc(F)cc(C2c3[nH]c4ccccc4c3CCN2Cc2cccc(-c3nn[nH]n3)c2)c1. The third kappa shape index (κ3) is 3.58. The van der Waals surface area contributed by atoms with Crippen LogP contribution in [-0.4, -0.2) is 37.1 Å². The number of aromatic nitrogens is 5. The summed E-state index contributed by atoms with van der Waals surface area (Å²) in [5, 5.41) is 15.4. The Hall–Kier alpha value is -3.91. The molecule has 1 aliphatic rings. The minimum atomic E-state index is -0.577. The molecule has 2 N–H and O–H groups in total. The van der Waals surface area contributed by atoms with Crippen molar-refractivity contribution in [2.75, 3.05) is 6.54 Å². The second-order valence-electron chi connectivity index (χ2n) is 8.32. The molecule has 8 heteroatoms. The standard InChI is InChI=1S/C25H20F2N6/c26-18-11-17(12-19(27)13-18)24-23-21(20-6-1-2-7-22(20)28-23)8-9-33(24)14-15-4-3-5-16(10-15)25-29-31-32-30-25/h1-7,10-13,24,28H,8-9,14H2,(H,29,30,31,32). The highest BCUT2D eigenvalue weighted by Crippen LogP contribution is 2.39. The molecule has 3 heterocycles. The summed E-state index contributed by atoms with van der Waals surface area (Å²) in [4.78, 5) is 5.79. The number of halogens is 2. The molecule has 0 saturated carbocycles. The second-order valence-corrected chi connectivity index (χ2v) is 8.32. The van der Waals surface area contributed by atoms with Gasteiger partial charge in [-0.15, -0.1) is 10.2 Å². The second kappa shape index (κ2) is 7.90. The van der Waals surface area contributed by atoms with Crippen LogP contribution in [0.15, 0.2) is 66.7 Å². The fourth-order valence-electron chi connectivity index (χ4n) is 4.90. The molecule has 6 rings (SSSR count). The molecule has 0 radical (unpaired) electrons. The van der Waals surface area contributed by atoms with Gasteiger partial charge in [0.05, 0.1) is 6.04 Å². The van der Waals surface area contributed by atoms with E-state index in [0.717, 1.165) is 46.8 Å². The number of hydrogen-bond acceptors (Lipinski definition) is 4. The first-order chi connectivity index (χ1) is 16.2. The smallest absolute Gasteiger partial charge is 0.204 e. The molecule has 3 aromatic carbocycles. The molecular weight excluding hydrogens is 422 g/mol. The van der Waals surface area contributed by atoms with Crippen LogP contribution in [0.5, 0.6) is 0 Å². The molecule has 2 aromatic heterocycles. The van der Waals surface area contributed by atoms with Gasteiger partial charge in [-0.05, 0) is 52.6 Å². The zero-order chi connectivity index (χ0) is 22.4. The summed E-state index contributed by atoms with van der Waals surface area (Å²) in [5.74, 6) is -0.628. The van der Waals surface area contributed by atoms with Gasteiger partial charge in [0.25, 0.3) is 0 Å². The molecule has 0 amide bonds. The van der Waals surface area contributed by atoms with Crippen molar-refractivity contribution in [1.82, 2.24) is 30.5 Å². The van der Waals surface area contributed by atoms with Crippen molar-refractivity contribution in [3.8, 4) is 11.4 Å². The third-order valence-electron chi connectivity index (χ3n) is 6.25. The Kier molecular flexibility index (Phi) is 4.73. The first-order valence-electron chi connectivity index (χ1n) is 10.8. The van der Waals surface area contributed by atoms with Crippen molar-refractivity contribution in [3.63, 3.8) is 0 Å². The lowest BCUT2D eigenvalue weighted by molar-refractivity contribution is 0.201. The van der Waals surface area contributed by atoms with Gasteiger partial charge in [-0.2, -0.15) is 5.21 Å². The highest BCUT2D eigenvalue weighted by molar-refractivity contribution is 5.85. The number of fused-ring (bicyclic) bond motifs is 3. The highest BCUT2D eigenvalue weighted by atomic mass is 19.1. The van der Waals surface area contributed by atoms with Crippen molar-refractivity contribution >= 4 is 10.9 Å². The molecule has 6 nitrogen and oxygen atoms in total. The lowest BCUT2D eigenvalue weighted by atomic mass is 9.91. The zero-order valence-electron chi connectivity index (χ0n) is 17.6. The molecular formula is C25H20F2N6. The van der Waals surface area contributed by atoms with E-state index >= 15 is 0 Å². The molecule has 164 valence electrons. The summed E-state index contributed by atoms with van der Waals surface area (Å²) < 4.78 is 28.5. The topological polar surface area (TPSA) is 73.5 Å². The summed E-state index contributed by atoms with van der Waals surface area (Å²) in [5.41, 5.74) is 5.73. The number of para-hydroxylation sites is 1. The van der Waals surface area contributed by atoms with E-state index in [-0.39, 0.29) is 6.04 Å². The van der Waals surface area contributed by atoms with Gasteiger partial charge in [0.15, 0.2) is 0 Å². The lowest BCUT2D eigenvalue weighted by Crippen LogP contribution is -2.35. The molecule has 0 aliphatic carbocycles. The average Bonchev–Trinajstić information content (AvgIpc) is 3.47. The number of rotatable bonds is 4. The van der Waals surface area contributed by atoms with Crippen molar-refractivity contribution in [3.05, 3.63) is 101 Å². The fourth-order valence-corrected chi connectivity index (χ4v) is 4.90. The minimum absolute atomic E-state index is 0.305. The van der Waals surface area contributed by atoms with Gasteiger partial charge in [0.1, 0.15) is 11.6 Å². The van der Waals surface area contributed by atoms with Gasteiger partial charge in [0, 0.05) is 41.3 Å². The maximum absolute atomic E-state index is 14.2. The fraction of sp³-hybridized carbons (Fsp3) is 0.160. The number of hydrogen-bond donors (Lipinski definition) is 2. The maximum Gasteiger partial charge on any atom is 0.204 e. The van der Waals surface area contributed by atoms with Crippen LogP contribution in [0.1, 0.15) is 28.4 Å². The van der Waals surface area contributed by atoms with Crippen LogP contribution in [0, 0.1) is 11.6 Å². The van der Waals surface area contributed by atoms with Gasteiger partial charge in [-0.3, -0.25) is 4.90 Å². The largest absolute Gasteiger partial charge is 0.357 e. The van der Waals surface area contributed by atoms with Crippen LogP contribution < -0.4 is 0 Å². The molecule has 0 saturated heterocycles. The molecule has 33 heavy (non-hydrogen) atoms. The molecule has 1 unspecified atom stereocenters. The van der Waals surface area contributed by atoms with E-state index in [1.54, 1.807) is 0 Å². The van der Waals surface area contributed by atoms with Crippen LogP contribution in [0.3, 0.4) is 0 Å². The van der Waals surface area contributed by atoms with Gasteiger partial charge in [0.2, 0.25) is 5.82 Å². The van der Waals surface area contributed by atoms with E-state index in [9.17, 15) is 8.78 Å². The van der Waals surface area contributed by atoms with E-state index < -0.39 is 11.6 Å². The predicted molar refractivity (Wildman–Crippen MR) is 120 cm³/mol. The van der Waals surface area contributed by atoms with E-state index in [1.807, 2.05) is 42.5 Å². The summed E-state index contributed by atoms with van der Waals surface area (Å²) in [7, 11) is 0. The Morgan fingerprint density at radius 2 is 1.82 bits per heavy atom. The van der Waals surface area contributed by atoms with Gasteiger partial charge >= 0.3 is 0 Å². The van der Waals surface area contributed by atoms with Crippen LogP contribution in [-0.2, 0) is 13.0 Å². The van der Waals surface area contributed by atoms with Crippen molar-refractivity contribution in [2.24, 2.45) is 0 Å². The van der Waals surface area contributed by atoms with Crippen LogP contribution in [0.25, 0.3) is 22.3 Å². The van der Waals surface area contributed by atoms with Gasteiger partial charge < -0.3 is 4.98 Å². The number of tetrazole rings is 1. The maximum atomic E-state index is 14.2. The van der Waals surface area contributed by atoms with E-state index in [0.29, 0.717) is 17.9 Å². The Labute approximate surface area is 188 Å². The first-order valence-corrected chi connectivity index (χ1v) is 10.8. The molecule has 0 spiro atoms. The Bertz CT molecular complexity index is 1420. The summed E-state index contributed by atoms with van der Waals surface area (Å²) in [6.07, 6.45) is 0.845. The summed E-state index contributed by atoms with van der Waals surface area (Å²) in [6, 6.07) is 19.5. The van der Waals surface area contributed by atoms with Crippen LogP contribution in [0.2, 0.25) is 0 Å². The highest BCUT2D eigenvalue weighted by Gasteiger charge is 2.32. The number of nitrogens with one attached hydrogen (secondary N) is 2. The lowest BCUT2D eigenvalue weighted by Gasteiger charge is -2.36. The Balaban J connectivity index is 1.44. The van der Waals surface area contributed by atoms with Crippen molar-refractivity contribution in [2.45, 2.75) is 19.0 Å². The van der Waals surface area contributed by atoms with E-state index in [2.05, 4.69) is 36.6 Å². The molecule has 1 atom stereocenters. The normalized spacial score (nSPS) is 16.2. The van der Waals surface area contributed by atoms with Crippen molar-refractivity contribution < 1.29 is 8.78 Å². The molecule has 1 aliphatic heterocycles. The number of H-pyrrole nitrogens is 2. The number of benzene rings is 3. The Morgan fingerprint density at radius 1 is 0.970 bits per heavy atom. The predicted octanol–water partition coefficient (Wildman–Crippen LogP) is 4.77. The minimum Gasteiger partial charge on any atom is -0.357 e. The average molecular weight is 442 g/mol. The quantitative estimate of drug-likeness (QED) is 0.420.